The van der Waals surface area contributed by atoms with Crippen LogP contribution in [0.2, 0.25) is 0 Å². The highest BCUT2D eigenvalue weighted by Crippen LogP contribution is 2.20. The van der Waals surface area contributed by atoms with Gasteiger partial charge >= 0.3 is 0 Å². The van der Waals surface area contributed by atoms with E-state index < -0.39 is 0 Å². The number of nitriles is 1. The van der Waals surface area contributed by atoms with Crippen molar-refractivity contribution >= 4 is 11.8 Å². The molecule has 0 aromatic heterocycles. The van der Waals surface area contributed by atoms with E-state index in [1.54, 1.807) is 0 Å². The van der Waals surface area contributed by atoms with Gasteiger partial charge in [0.25, 0.3) is 0 Å². The fourth-order valence-electron chi connectivity index (χ4n) is 1.56. The van der Waals surface area contributed by atoms with Crippen LogP contribution in [0.5, 0.6) is 0 Å². The molecule has 3 heteroatoms. The number of benzene rings is 1. The Morgan fingerprint density at radius 3 is 2.89 bits per heavy atom. The molecule has 0 unspecified atom stereocenters. The molecule has 1 N–H and O–H groups in total. The Labute approximate surface area is 115 Å². The summed E-state index contributed by atoms with van der Waals surface area (Å²) in [6.07, 6.45) is 2.81. The first kappa shape index (κ1) is 15.1. The van der Waals surface area contributed by atoms with Crippen molar-refractivity contribution in [1.82, 2.24) is 5.32 Å². The SMILES string of the molecule is CC(C)NCc1cccc(SCCCCC#N)c1. The normalized spacial score (nSPS) is 10.6. The molecule has 0 amide bonds. The van der Waals surface area contributed by atoms with E-state index in [4.69, 9.17) is 5.26 Å². The molecule has 0 aliphatic carbocycles. The number of rotatable bonds is 8. The predicted molar refractivity (Wildman–Crippen MR) is 78.6 cm³/mol. The van der Waals surface area contributed by atoms with Crippen molar-refractivity contribution in [3.63, 3.8) is 0 Å². The average Bonchev–Trinajstić information content (AvgIpc) is 2.37. The largest absolute Gasteiger partial charge is 0.310 e. The minimum atomic E-state index is 0.521. The topological polar surface area (TPSA) is 35.8 Å². The maximum atomic E-state index is 8.46. The van der Waals surface area contributed by atoms with Crippen LogP contribution < -0.4 is 5.32 Å². The van der Waals surface area contributed by atoms with Gasteiger partial charge in [0.05, 0.1) is 6.07 Å². The predicted octanol–water partition coefficient (Wildman–Crippen LogP) is 3.97. The van der Waals surface area contributed by atoms with Gasteiger partial charge in [-0.15, -0.1) is 11.8 Å². The van der Waals surface area contributed by atoms with E-state index in [0.717, 1.165) is 25.1 Å². The molecule has 1 aromatic rings. The van der Waals surface area contributed by atoms with Crippen molar-refractivity contribution in [2.75, 3.05) is 5.75 Å². The van der Waals surface area contributed by atoms with Crippen LogP contribution in [0.15, 0.2) is 29.2 Å². The summed E-state index contributed by atoms with van der Waals surface area (Å²) in [7, 11) is 0. The van der Waals surface area contributed by atoms with Crippen LogP contribution in [-0.4, -0.2) is 11.8 Å². The summed E-state index contributed by atoms with van der Waals surface area (Å²) in [4.78, 5) is 1.33. The maximum absolute atomic E-state index is 8.46. The van der Waals surface area contributed by atoms with Crippen molar-refractivity contribution in [2.45, 2.75) is 50.6 Å². The smallest absolute Gasteiger partial charge is 0.0621 e. The number of hydrogen-bond acceptors (Lipinski definition) is 3. The molecule has 0 atom stereocenters. The molecule has 0 aliphatic heterocycles. The highest BCUT2D eigenvalue weighted by Gasteiger charge is 1.98. The molecular weight excluding hydrogens is 240 g/mol. The first-order valence-electron chi connectivity index (χ1n) is 6.54. The molecule has 0 aliphatic rings. The van der Waals surface area contributed by atoms with Crippen molar-refractivity contribution < 1.29 is 0 Å². The zero-order chi connectivity index (χ0) is 13.2. The van der Waals surface area contributed by atoms with E-state index in [0.29, 0.717) is 12.5 Å². The van der Waals surface area contributed by atoms with Crippen molar-refractivity contribution in [3.05, 3.63) is 29.8 Å². The quantitative estimate of drug-likeness (QED) is 0.569. The van der Waals surface area contributed by atoms with E-state index in [1.807, 2.05) is 11.8 Å². The van der Waals surface area contributed by atoms with Gasteiger partial charge in [-0.2, -0.15) is 5.26 Å². The molecule has 0 saturated carbocycles. The minimum absolute atomic E-state index is 0.521. The second kappa shape index (κ2) is 9.02. The minimum Gasteiger partial charge on any atom is -0.310 e. The van der Waals surface area contributed by atoms with Crippen LogP contribution in [0.3, 0.4) is 0 Å². The van der Waals surface area contributed by atoms with Gasteiger partial charge in [-0.25, -0.2) is 0 Å². The molecule has 0 radical (unpaired) electrons. The Morgan fingerprint density at radius 1 is 1.33 bits per heavy atom. The lowest BCUT2D eigenvalue weighted by Crippen LogP contribution is -2.21. The average molecular weight is 262 g/mol. The van der Waals surface area contributed by atoms with E-state index in [2.05, 4.69) is 49.5 Å². The van der Waals surface area contributed by atoms with Gasteiger partial charge in [-0.3, -0.25) is 0 Å². The van der Waals surface area contributed by atoms with E-state index in [1.165, 1.54) is 10.5 Å². The lowest BCUT2D eigenvalue weighted by Gasteiger charge is -2.09. The monoisotopic (exact) mass is 262 g/mol. The Kier molecular flexibility index (Phi) is 7.55. The van der Waals surface area contributed by atoms with Crippen molar-refractivity contribution in [2.24, 2.45) is 0 Å². The van der Waals surface area contributed by atoms with Gasteiger partial charge in [-0.1, -0.05) is 26.0 Å². The number of thioether (sulfide) groups is 1. The Balaban J connectivity index is 2.33. The fourth-order valence-corrected chi connectivity index (χ4v) is 2.56. The zero-order valence-corrected chi connectivity index (χ0v) is 12.1. The van der Waals surface area contributed by atoms with Crippen molar-refractivity contribution in [3.8, 4) is 6.07 Å². The van der Waals surface area contributed by atoms with Gasteiger partial charge < -0.3 is 5.32 Å². The van der Waals surface area contributed by atoms with Crippen LogP contribution >= 0.6 is 11.8 Å². The Bertz CT molecular complexity index is 382. The summed E-state index contributed by atoms with van der Waals surface area (Å²) in [6, 6.07) is 11.4. The highest BCUT2D eigenvalue weighted by molar-refractivity contribution is 7.99. The number of hydrogen-bond donors (Lipinski definition) is 1. The van der Waals surface area contributed by atoms with E-state index in [9.17, 15) is 0 Å². The summed E-state index contributed by atoms with van der Waals surface area (Å²) in [6.45, 7) is 5.25. The summed E-state index contributed by atoms with van der Waals surface area (Å²) >= 11 is 1.88. The summed E-state index contributed by atoms with van der Waals surface area (Å²) in [5.41, 5.74) is 1.34. The second-order valence-electron chi connectivity index (χ2n) is 4.65. The third kappa shape index (κ3) is 6.68. The second-order valence-corrected chi connectivity index (χ2v) is 5.82. The number of nitrogens with one attached hydrogen (secondary N) is 1. The molecule has 98 valence electrons. The number of nitrogens with zero attached hydrogens (tertiary/aromatic N) is 1. The van der Waals surface area contributed by atoms with Gasteiger partial charge in [0, 0.05) is 23.9 Å². The van der Waals surface area contributed by atoms with Gasteiger partial charge in [0.1, 0.15) is 0 Å². The summed E-state index contributed by atoms with van der Waals surface area (Å²) < 4.78 is 0. The molecule has 0 fully saturated rings. The Hall–Kier alpha value is -0.980. The Morgan fingerprint density at radius 2 is 2.17 bits per heavy atom. The highest BCUT2D eigenvalue weighted by atomic mass is 32.2. The molecule has 1 rings (SSSR count). The van der Waals surface area contributed by atoms with Crippen LogP contribution in [0.25, 0.3) is 0 Å². The lowest BCUT2D eigenvalue weighted by molar-refractivity contribution is 0.588. The summed E-state index contributed by atoms with van der Waals surface area (Å²) in [5.74, 6) is 1.10. The van der Waals surface area contributed by atoms with Gasteiger partial charge in [-0.05, 0) is 36.3 Å². The molecule has 2 nitrogen and oxygen atoms in total. The van der Waals surface area contributed by atoms with Gasteiger partial charge in [0.15, 0.2) is 0 Å². The van der Waals surface area contributed by atoms with Crippen LogP contribution in [0.4, 0.5) is 0 Å². The van der Waals surface area contributed by atoms with Crippen LogP contribution in [0, 0.1) is 11.3 Å². The first-order chi connectivity index (χ1) is 8.72. The third-order valence-corrected chi connectivity index (χ3v) is 3.64. The third-order valence-electron chi connectivity index (χ3n) is 2.56. The summed E-state index contributed by atoms with van der Waals surface area (Å²) in [5, 5.41) is 11.9. The van der Waals surface area contributed by atoms with Crippen LogP contribution in [-0.2, 0) is 6.54 Å². The van der Waals surface area contributed by atoms with Crippen LogP contribution in [0.1, 0.15) is 38.7 Å². The molecule has 18 heavy (non-hydrogen) atoms. The molecule has 0 spiro atoms. The molecule has 0 saturated heterocycles. The fraction of sp³-hybridized carbons (Fsp3) is 0.533. The lowest BCUT2D eigenvalue weighted by atomic mass is 10.2. The molecule has 1 aromatic carbocycles. The van der Waals surface area contributed by atoms with Gasteiger partial charge in [0.2, 0.25) is 0 Å². The van der Waals surface area contributed by atoms with E-state index >= 15 is 0 Å². The molecular formula is C15H22N2S. The maximum Gasteiger partial charge on any atom is 0.0621 e. The molecule has 0 heterocycles. The van der Waals surface area contributed by atoms with Crippen molar-refractivity contribution in [1.29, 1.82) is 5.26 Å². The standard InChI is InChI=1S/C15H22N2S/c1-13(2)17-12-14-7-6-8-15(11-14)18-10-5-3-4-9-16/h6-8,11,13,17H,3-5,10,12H2,1-2H3. The first-order valence-corrected chi connectivity index (χ1v) is 7.53. The number of unbranched alkanes of at least 4 members (excludes halogenated alkanes) is 2. The zero-order valence-electron chi connectivity index (χ0n) is 11.3. The van der Waals surface area contributed by atoms with E-state index in [-0.39, 0.29) is 0 Å². The molecule has 0 bridgehead atoms.